The Morgan fingerprint density at radius 1 is 1.16 bits per heavy atom. The highest BCUT2D eigenvalue weighted by Gasteiger charge is 2.45. The zero-order chi connectivity index (χ0) is 26.1. The van der Waals surface area contributed by atoms with Gasteiger partial charge in [0.1, 0.15) is 12.4 Å². The topological polar surface area (TPSA) is 145 Å². The van der Waals surface area contributed by atoms with Gasteiger partial charge in [0.2, 0.25) is 0 Å². The van der Waals surface area contributed by atoms with Crippen molar-refractivity contribution in [2.75, 3.05) is 26.2 Å². The lowest BCUT2D eigenvalue weighted by atomic mass is 9.86. The molecule has 1 amide bonds. The van der Waals surface area contributed by atoms with E-state index in [0.717, 1.165) is 10.9 Å². The predicted octanol–water partition coefficient (Wildman–Crippen LogP) is 1.58. The van der Waals surface area contributed by atoms with Crippen LogP contribution in [0.5, 0.6) is 5.75 Å². The number of aliphatic hydroxyl groups is 1. The number of ether oxygens (including phenoxy) is 1. The third kappa shape index (κ3) is 3.49. The van der Waals surface area contributed by atoms with Crippen LogP contribution in [0.25, 0.3) is 22.3 Å². The number of aromatic hydroxyl groups is 1. The maximum Gasteiger partial charge on any atom is 0.407 e. The summed E-state index contributed by atoms with van der Waals surface area (Å²) >= 11 is 0. The Morgan fingerprint density at radius 3 is 2.62 bits per heavy atom. The number of benzene rings is 1. The molecule has 0 spiro atoms. The van der Waals surface area contributed by atoms with Crippen LogP contribution in [0.1, 0.15) is 35.6 Å². The van der Waals surface area contributed by atoms with Crippen molar-refractivity contribution in [2.24, 2.45) is 0 Å². The number of phenolic OH excluding ortho intramolecular Hbond substituents is 1. The highest BCUT2D eigenvalue weighted by molar-refractivity contribution is 5.89. The van der Waals surface area contributed by atoms with E-state index in [9.17, 15) is 29.7 Å². The molecule has 3 aliphatic rings. The van der Waals surface area contributed by atoms with Crippen LogP contribution in [-0.2, 0) is 34.8 Å². The lowest BCUT2D eigenvalue weighted by molar-refractivity contribution is -0.172. The molecule has 0 bridgehead atoms. The van der Waals surface area contributed by atoms with Crippen molar-refractivity contribution >= 4 is 23.0 Å². The van der Waals surface area contributed by atoms with Gasteiger partial charge in [0.15, 0.2) is 5.60 Å². The number of hydrogen-bond donors (Lipinski definition) is 3. The number of phenols is 1. The number of hydrogen-bond acceptors (Lipinski definition) is 8. The highest BCUT2D eigenvalue weighted by Crippen LogP contribution is 2.39. The predicted molar refractivity (Wildman–Crippen MR) is 131 cm³/mol. The summed E-state index contributed by atoms with van der Waals surface area (Å²) in [5.41, 5.74) is 1.57. The molecule has 0 aliphatic carbocycles. The van der Waals surface area contributed by atoms with Crippen molar-refractivity contribution in [1.82, 2.24) is 19.4 Å². The fourth-order valence-electron chi connectivity index (χ4n) is 5.59. The van der Waals surface area contributed by atoms with Gasteiger partial charge in [-0.05, 0) is 30.7 Å². The number of fused-ring (bicyclic) bond motifs is 5. The normalized spacial score (nSPS) is 20.9. The van der Waals surface area contributed by atoms with E-state index in [-0.39, 0.29) is 42.0 Å². The maximum absolute atomic E-state index is 13.4. The number of rotatable bonds is 3. The zero-order valence-corrected chi connectivity index (χ0v) is 20.2. The number of cyclic esters (lactones) is 1. The molecule has 6 rings (SSSR count). The van der Waals surface area contributed by atoms with Crippen molar-refractivity contribution in [2.45, 2.75) is 38.6 Å². The molecule has 5 heterocycles. The van der Waals surface area contributed by atoms with Gasteiger partial charge in [-0.2, -0.15) is 0 Å². The molecule has 11 heteroatoms. The van der Waals surface area contributed by atoms with E-state index < -0.39 is 17.7 Å². The van der Waals surface area contributed by atoms with Gasteiger partial charge in [-0.1, -0.05) is 6.92 Å². The third-order valence-electron chi connectivity index (χ3n) is 7.80. The minimum atomic E-state index is -1.88. The molecule has 1 saturated heterocycles. The van der Waals surface area contributed by atoms with Crippen LogP contribution < -0.4 is 5.56 Å². The first kappa shape index (κ1) is 23.4. The molecule has 192 valence electrons. The fourth-order valence-corrected chi connectivity index (χ4v) is 5.59. The number of pyridine rings is 2. The van der Waals surface area contributed by atoms with E-state index in [1.54, 1.807) is 29.7 Å². The van der Waals surface area contributed by atoms with Crippen molar-refractivity contribution < 1.29 is 29.6 Å². The quantitative estimate of drug-likeness (QED) is 0.353. The number of aromatic nitrogens is 2. The molecule has 1 fully saturated rings. The number of carboxylic acid groups (broad SMARTS) is 1. The number of carbonyl (C=O) groups excluding carboxylic acids is 1. The molecule has 1 aromatic carbocycles. The van der Waals surface area contributed by atoms with Gasteiger partial charge in [-0.15, -0.1) is 0 Å². The number of nitrogens with zero attached hydrogens (tertiary/aromatic N) is 4. The molecule has 3 aromatic rings. The average Bonchev–Trinajstić information content (AvgIpc) is 3.25. The lowest BCUT2D eigenvalue weighted by Gasteiger charge is -2.33. The molecule has 2 aromatic heterocycles. The summed E-state index contributed by atoms with van der Waals surface area (Å²) in [6.45, 7) is 4.07. The standard InChI is InChI=1S/C26H26N4O7/c1-2-26(36)18-10-20-22-14(11-30(20)23(32)17(18)13-37-24(26)33)9-15-16(21(31)4-3-19(15)27-22)12-28-5-7-29(8-6-28)25(34)35/h3-4,9-10,31,36H,2,5-8,11-13H2,1H3,(H,34,35)/t26-/m0/s1. The average molecular weight is 507 g/mol. The second-order valence-electron chi connectivity index (χ2n) is 9.77. The van der Waals surface area contributed by atoms with Gasteiger partial charge in [-0.25, -0.2) is 14.6 Å². The first-order chi connectivity index (χ1) is 17.7. The number of esters is 1. The first-order valence-corrected chi connectivity index (χ1v) is 12.2. The number of carbonyl (C=O) groups is 2. The first-order valence-electron chi connectivity index (χ1n) is 12.2. The molecule has 1 atom stereocenters. The smallest absolute Gasteiger partial charge is 0.407 e. The zero-order valence-electron chi connectivity index (χ0n) is 20.2. The van der Waals surface area contributed by atoms with Crippen LogP contribution in [0, 0.1) is 0 Å². The minimum absolute atomic E-state index is 0.0725. The highest BCUT2D eigenvalue weighted by atomic mass is 16.6. The van der Waals surface area contributed by atoms with E-state index in [1.807, 2.05) is 6.07 Å². The Kier molecular flexibility index (Phi) is 5.25. The third-order valence-corrected chi connectivity index (χ3v) is 7.80. The molecule has 11 nitrogen and oxygen atoms in total. The van der Waals surface area contributed by atoms with Crippen LogP contribution >= 0.6 is 0 Å². The van der Waals surface area contributed by atoms with Crippen molar-refractivity contribution in [3.05, 3.63) is 56.9 Å². The molecule has 3 N–H and O–H groups in total. The fraction of sp³-hybridized carbons (Fsp3) is 0.385. The second kappa shape index (κ2) is 8.29. The number of amides is 1. The molecule has 0 radical (unpaired) electrons. The summed E-state index contributed by atoms with van der Waals surface area (Å²) in [7, 11) is 0. The Morgan fingerprint density at radius 2 is 1.92 bits per heavy atom. The van der Waals surface area contributed by atoms with Gasteiger partial charge in [0.05, 0.1) is 29.0 Å². The van der Waals surface area contributed by atoms with E-state index in [1.165, 1.54) is 4.90 Å². The summed E-state index contributed by atoms with van der Waals surface area (Å²) in [5.74, 6) is -0.637. The Labute approximate surface area is 211 Å². The summed E-state index contributed by atoms with van der Waals surface area (Å²) in [4.78, 5) is 45.3. The van der Waals surface area contributed by atoms with E-state index >= 15 is 0 Å². The van der Waals surface area contributed by atoms with Crippen LogP contribution in [-0.4, -0.2) is 72.9 Å². The second-order valence-corrected chi connectivity index (χ2v) is 9.77. The number of piperazine rings is 1. The summed E-state index contributed by atoms with van der Waals surface area (Å²) in [6, 6.07) is 6.91. The molecular weight excluding hydrogens is 480 g/mol. The van der Waals surface area contributed by atoms with E-state index in [4.69, 9.17) is 9.72 Å². The Hall–Kier alpha value is -3.96. The Bertz CT molecular complexity index is 1540. The monoisotopic (exact) mass is 506 g/mol. The van der Waals surface area contributed by atoms with Gasteiger partial charge < -0.3 is 29.5 Å². The van der Waals surface area contributed by atoms with Crippen LogP contribution in [0.2, 0.25) is 0 Å². The molecule has 0 unspecified atom stereocenters. The van der Waals surface area contributed by atoms with E-state index in [2.05, 4.69) is 4.90 Å². The SMILES string of the molecule is CC[C@@]1(O)C(=O)OCc2c1cc1n(c2=O)Cc2cc3c(CN4CCN(C(=O)O)CC4)c(O)ccc3nc2-1. The summed E-state index contributed by atoms with van der Waals surface area (Å²) in [5, 5.41) is 31.7. The Balaban J connectivity index is 1.41. The van der Waals surface area contributed by atoms with Gasteiger partial charge in [0, 0.05) is 54.8 Å². The van der Waals surface area contributed by atoms with Crippen molar-refractivity contribution in [1.29, 1.82) is 0 Å². The van der Waals surface area contributed by atoms with Crippen LogP contribution in [0.4, 0.5) is 4.79 Å². The lowest BCUT2D eigenvalue weighted by Crippen LogP contribution is -2.47. The molecular formula is C26H26N4O7. The van der Waals surface area contributed by atoms with Crippen molar-refractivity contribution in [3.63, 3.8) is 0 Å². The summed E-state index contributed by atoms with van der Waals surface area (Å²) < 4.78 is 6.71. The van der Waals surface area contributed by atoms with Gasteiger partial charge in [0.25, 0.3) is 5.56 Å². The summed E-state index contributed by atoms with van der Waals surface area (Å²) in [6.07, 6.45) is -0.861. The van der Waals surface area contributed by atoms with Crippen LogP contribution in [0.3, 0.4) is 0 Å². The minimum Gasteiger partial charge on any atom is -0.508 e. The molecule has 0 saturated carbocycles. The van der Waals surface area contributed by atoms with Crippen LogP contribution in [0.15, 0.2) is 29.1 Å². The molecule has 37 heavy (non-hydrogen) atoms. The van der Waals surface area contributed by atoms with E-state index in [0.29, 0.717) is 55.2 Å². The van der Waals surface area contributed by atoms with Crippen molar-refractivity contribution in [3.8, 4) is 17.1 Å². The molecule has 3 aliphatic heterocycles. The van der Waals surface area contributed by atoms with Gasteiger partial charge >= 0.3 is 12.1 Å². The largest absolute Gasteiger partial charge is 0.508 e. The van der Waals surface area contributed by atoms with Gasteiger partial charge in [-0.3, -0.25) is 9.69 Å². The maximum atomic E-state index is 13.4.